The summed E-state index contributed by atoms with van der Waals surface area (Å²) in [5.74, 6) is -4.98. The van der Waals surface area contributed by atoms with E-state index in [0.29, 0.717) is 11.3 Å². The van der Waals surface area contributed by atoms with E-state index in [2.05, 4.69) is 20.3 Å². The van der Waals surface area contributed by atoms with E-state index >= 15 is 0 Å². The fourth-order valence-corrected chi connectivity index (χ4v) is 4.67. The van der Waals surface area contributed by atoms with Crippen molar-refractivity contribution >= 4 is 34.9 Å². The van der Waals surface area contributed by atoms with Gasteiger partial charge in [0.25, 0.3) is 17.7 Å². The van der Waals surface area contributed by atoms with Crippen LogP contribution in [-0.4, -0.2) is 56.1 Å². The summed E-state index contributed by atoms with van der Waals surface area (Å²) in [4.78, 5) is 39.9. The monoisotopic (exact) mass is 565 g/mol. The summed E-state index contributed by atoms with van der Waals surface area (Å²) >= 11 is 6.00. The molecular formula is C28H22ClF2N5O4. The van der Waals surface area contributed by atoms with E-state index in [1.165, 1.54) is 18.3 Å². The highest BCUT2D eigenvalue weighted by atomic mass is 35.5. The van der Waals surface area contributed by atoms with Crippen LogP contribution in [0.5, 0.6) is 0 Å². The van der Waals surface area contributed by atoms with Crippen molar-refractivity contribution in [2.75, 3.05) is 23.4 Å². The van der Waals surface area contributed by atoms with Gasteiger partial charge in [-0.2, -0.15) is 0 Å². The zero-order chi connectivity index (χ0) is 28.5. The van der Waals surface area contributed by atoms with E-state index in [0.717, 1.165) is 22.7 Å². The summed E-state index contributed by atoms with van der Waals surface area (Å²) in [6.45, 7) is -1.77. The Bertz CT molecular complexity index is 1570. The van der Waals surface area contributed by atoms with Gasteiger partial charge in [-0.25, -0.2) is 18.7 Å². The van der Waals surface area contributed by atoms with Crippen LogP contribution >= 0.6 is 11.6 Å². The molecule has 0 aliphatic carbocycles. The highest BCUT2D eigenvalue weighted by molar-refractivity contribution is 6.30. The largest absolute Gasteiger partial charge is 0.393 e. The van der Waals surface area contributed by atoms with Crippen LogP contribution in [0.1, 0.15) is 32.8 Å². The Morgan fingerprint density at radius 2 is 1.80 bits per heavy atom. The Balaban J connectivity index is 1.40. The van der Waals surface area contributed by atoms with E-state index in [1.54, 1.807) is 18.3 Å². The zero-order valence-electron chi connectivity index (χ0n) is 20.8. The number of carbonyl (C=O) groups is 2. The maximum absolute atomic E-state index is 15.0. The first-order valence-corrected chi connectivity index (χ1v) is 12.5. The molecule has 9 nitrogen and oxygen atoms in total. The molecule has 2 amide bonds. The lowest BCUT2D eigenvalue weighted by molar-refractivity contribution is -0.205. The highest BCUT2D eigenvalue weighted by Gasteiger charge is 2.56. The van der Waals surface area contributed by atoms with Crippen molar-refractivity contribution in [3.8, 4) is 11.3 Å². The third-order valence-electron chi connectivity index (χ3n) is 6.64. The van der Waals surface area contributed by atoms with Crippen LogP contribution in [0.2, 0.25) is 5.02 Å². The third kappa shape index (κ3) is 4.90. The molecule has 0 bridgehead atoms. The van der Waals surface area contributed by atoms with E-state index in [9.17, 15) is 28.6 Å². The van der Waals surface area contributed by atoms with Crippen LogP contribution in [-0.2, 0) is 5.60 Å². The van der Waals surface area contributed by atoms with Crippen molar-refractivity contribution < 1.29 is 28.6 Å². The molecule has 3 heterocycles. The van der Waals surface area contributed by atoms with Crippen molar-refractivity contribution in [3.63, 3.8) is 0 Å². The average Bonchev–Trinajstić information content (AvgIpc) is 3.05. The Morgan fingerprint density at radius 3 is 2.50 bits per heavy atom. The molecule has 0 spiro atoms. The molecule has 1 aliphatic rings. The third-order valence-corrected chi connectivity index (χ3v) is 6.87. The molecule has 1 aliphatic heterocycles. The number of nitrogens with zero attached hydrogens (tertiary/aromatic N) is 4. The fourth-order valence-electron chi connectivity index (χ4n) is 4.50. The van der Waals surface area contributed by atoms with Gasteiger partial charge in [0.05, 0.1) is 35.9 Å². The molecule has 0 radical (unpaired) electrons. The standard InChI is InChI=1S/C28H22ClF2N5O4/c29-18-8-9-22-20(13-18)27(40,16-37)28(30,31)10-12-36(22)26(39)21-14-34-23(15-33-21)35-25(38)19-7-4-11-32-24(19)17-5-2-1-3-6-17/h1-9,11,13-15,37,40H,10,12,16H2,(H,34,35,38)/t27-/m0/s1. The number of alkyl halides is 2. The number of fused-ring (bicyclic) bond motifs is 1. The van der Waals surface area contributed by atoms with Gasteiger partial charge < -0.3 is 20.4 Å². The fraction of sp³-hybridized carbons (Fsp3) is 0.179. The number of nitrogens with one attached hydrogen (secondary N) is 1. The van der Waals surface area contributed by atoms with Gasteiger partial charge in [-0.1, -0.05) is 41.9 Å². The summed E-state index contributed by atoms with van der Waals surface area (Å²) in [6.07, 6.45) is 2.92. The number of amides is 2. The minimum absolute atomic E-state index is 0.0413. The van der Waals surface area contributed by atoms with Crippen LogP contribution in [0.25, 0.3) is 11.3 Å². The van der Waals surface area contributed by atoms with Gasteiger partial charge in [0.15, 0.2) is 11.4 Å². The summed E-state index contributed by atoms with van der Waals surface area (Å²) in [5, 5.41) is 23.2. The van der Waals surface area contributed by atoms with Crippen molar-refractivity contribution in [2.45, 2.75) is 17.9 Å². The number of benzene rings is 2. The predicted molar refractivity (Wildman–Crippen MR) is 143 cm³/mol. The molecule has 4 aromatic rings. The minimum atomic E-state index is -3.76. The van der Waals surface area contributed by atoms with Crippen molar-refractivity contribution in [1.29, 1.82) is 0 Å². The zero-order valence-corrected chi connectivity index (χ0v) is 21.5. The Kier molecular flexibility index (Phi) is 7.28. The van der Waals surface area contributed by atoms with Gasteiger partial charge in [0.1, 0.15) is 5.69 Å². The second-order valence-corrected chi connectivity index (χ2v) is 9.53. The van der Waals surface area contributed by atoms with Crippen LogP contribution in [0, 0.1) is 0 Å². The molecule has 204 valence electrons. The first kappa shape index (κ1) is 27.3. The van der Waals surface area contributed by atoms with E-state index < -0.39 is 42.9 Å². The number of halogens is 3. The van der Waals surface area contributed by atoms with Gasteiger partial charge in [-0.3, -0.25) is 14.6 Å². The first-order valence-electron chi connectivity index (χ1n) is 12.1. The molecular weight excluding hydrogens is 544 g/mol. The van der Waals surface area contributed by atoms with E-state index in [-0.39, 0.29) is 27.8 Å². The quantitative estimate of drug-likeness (QED) is 0.329. The SMILES string of the molecule is O=C(Nc1cnc(C(=O)N2CCC(F)(F)[C@](O)(CO)c3cc(Cl)ccc32)cn1)c1cccnc1-c1ccccc1. The minimum Gasteiger partial charge on any atom is -0.393 e. The number of rotatable bonds is 5. The molecule has 2 aromatic heterocycles. The normalized spacial score (nSPS) is 18.0. The number of hydrogen-bond acceptors (Lipinski definition) is 7. The summed E-state index contributed by atoms with van der Waals surface area (Å²) in [5.41, 5.74) is -2.06. The summed E-state index contributed by atoms with van der Waals surface area (Å²) < 4.78 is 29.9. The second-order valence-electron chi connectivity index (χ2n) is 9.10. The predicted octanol–water partition coefficient (Wildman–Crippen LogP) is 4.31. The number of hydrogen-bond donors (Lipinski definition) is 3. The Morgan fingerprint density at radius 1 is 1.02 bits per heavy atom. The van der Waals surface area contributed by atoms with Crippen molar-refractivity contribution in [2.24, 2.45) is 0 Å². The maximum atomic E-state index is 15.0. The lowest BCUT2D eigenvalue weighted by Crippen LogP contribution is -2.48. The summed E-state index contributed by atoms with van der Waals surface area (Å²) in [6, 6.07) is 16.2. The molecule has 1 atom stereocenters. The molecule has 2 aromatic carbocycles. The van der Waals surface area contributed by atoms with Crippen molar-refractivity contribution in [3.05, 3.63) is 101 Å². The van der Waals surface area contributed by atoms with Crippen LogP contribution in [0.4, 0.5) is 20.3 Å². The molecule has 5 rings (SSSR count). The lowest BCUT2D eigenvalue weighted by Gasteiger charge is -2.33. The van der Waals surface area contributed by atoms with Crippen molar-refractivity contribution in [1.82, 2.24) is 15.0 Å². The number of aromatic nitrogens is 3. The molecule has 0 saturated carbocycles. The second kappa shape index (κ2) is 10.7. The average molecular weight is 566 g/mol. The number of aliphatic hydroxyl groups excluding tert-OH is 1. The van der Waals surface area contributed by atoms with E-state index in [4.69, 9.17) is 11.6 Å². The topological polar surface area (TPSA) is 129 Å². The van der Waals surface area contributed by atoms with Crippen LogP contribution < -0.4 is 10.2 Å². The smallest absolute Gasteiger partial charge is 0.284 e. The van der Waals surface area contributed by atoms with Gasteiger partial charge in [-0.05, 0) is 30.3 Å². The van der Waals surface area contributed by atoms with Gasteiger partial charge in [0, 0.05) is 35.3 Å². The van der Waals surface area contributed by atoms with Gasteiger partial charge in [-0.15, -0.1) is 0 Å². The number of pyridine rings is 1. The molecule has 12 heteroatoms. The van der Waals surface area contributed by atoms with E-state index in [1.807, 2.05) is 30.3 Å². The number of carbonyl (C=O) groups excluding carboxylic acids is 2. The van der Waals surface area contributed by atoms with Crippen LogP contribution in [0.15, 0.2) is 79.3 Å². The Hall–Kier alpha value is -4.32. The maximum Gasteiger partial charge on any atom is 0.284 e. The molecule has 0 fully saturated rings. The number of aliphatic hydroxyl groups is 2. The molecule has 0 saturated heterocycles. The molecule has 3 N–H and O–H groups in total. The van der Waals surface area contributed by atoms with Gasteiger partial charge >= 0.3 is 0 Å². The Labute approximate surface area is 232 Å². The van der Waals surface area contributed by atoms with Gasteiger partial charge in [0.2, 0.25) is 0 Å². The van der Waals surface area contributed by atoms with Crippen LogP contribution in [0.3, 0.4) is 0 Å². The lowest BCUT2D eigenvalue weighted by atomic mass is 9.86. The highest BCUT2D eigenvalue weighted by Crippen LogP contribution is 2.47. The molecule has 0 unspecified atom stereocenters. The summed E-state index contributed by atoms with van der Waals surface area (Å²) in [7, 11) is 0. The number of anilines is 2. The molecule has 40 heavy (non-hydrogen) atoms. The first-order chi connectivity index (χ1) is 19.1.